The first-order chi connectivity index (χ1) is 12.7. The van der Waals surface area contributed by atoms with Gasteiger partial charge in [-0.05, 0) is 43.2 Å². The fourth-order valence-electron chi connectivity index (χ4n) is 2.80. The van der Waals surface area contributed by atoms with Crippen LogP contribution in [0.5, 0.6) is 11.5 Å². The van der Waals surface area contributed by atoms with Crippen molar-refractivity contribution in [3.63, 3.8) is 0 Å². The summed E-state index contributed by atoms with van der Waals surface area (Å²) in [5.41, 5.74) is 1.45. The molecule has 134 valence electrons. The Morgan fingerprint density at radius 1 is 1.15 bits per heavy atom. The highest BCUT2D eigenvalue weighted by molar-refractivity contribution is 5.60. The molecule has 0 fully saturated rings. The molecule has 4 rings (SSSR count). The van der Waals surface area contributed by atoms with Gasteiger partial charge in [0.2, 0.25) is 6.79 Å². The third kappa shape index (κ3) is 3.52. The smallest absolute Gasteiger partial charge is 0.258 e. The average molecular weight is 355 g/mol. The molecule has 1 atom stereocenters. The monoisotopic (exact) mass is 355 g/mol. The summed E-state index contributed by atoms with van der Waals surface area (Å²) in [5.74, 6) is 2.14. The van der Waals surface area contributed by atoms with Crippen LogP contribution in [0.15, 0.2) is 47.0 Å². The van der Waals surface area contributed by atoms with Crippen LogP contribution in [0.2, 0.25) is 0 Å². The molecule has 0 unspecified atom stereocenters. The fraction of sp³-hybridized carbons (Fsp3) is 0.263. The van der Waals surface area contributed by atoms with Crippen LogP contribution in [0.3, 0.4) is 0 Å². The van der Waals surface area contributed by atoms with E-state index in [1.54, 1.807) is 12.1 Å². The van der Waals surface area contributed by atoms with E-state index in [0.717, 1.165) is 5.56 Å². The molecule has 1 aromatic heterocycles. The summed E-state index contributed by atoms with van der Waals surface area (Å²) in [6.07, 6.45) is 0.583. The lowest BCUT2D eigenvalue weighted by atomic mass is 10.1. The van der Waals surface area contributed by atoms with Gasteiger partial charge in [-0.3, -0.25) is 0 Å². The van der Waals surface area contributed by atoms with Crippen molar-refractivity contribution in [2.24, 2.45) is 0 Å². The first-order valence-corrected chi connectivity index (χ1v) is 8.38. The fourth-order valence-corrected chi connectivity index (χ4v) is 2.80. The van der Waals surface area contributed by atoms with Gasteiger partial charge in [0.1, 0.15) is 5.82 Å². The van der Waals surface area contributed by atoms with Crippen LogP contribution in [0.4, 0.5) is 4.39 Å². The van der Waals surface area contributed by atoms with Crippen molar-refractivity contribution in [3.05, 3.63) is 59.7 Å². The minimum atomic E-state index is -0.189. The van der Waals surface area contributed by atoms with Crippen molar-refractivity contribution in [2.75, 3.05) is 6.79 Å². The molecule has 6 nitrogen and oxygen atoms in total. The van der Waals surface area contributed by atoms with Gasteiger partial charge >= 0.3 is 0 Å². The predicted octanol–water partition coefficient (Wildman–Crippen LogP) is 3.33. The van der Waals surface area contributed by atoms with E-state index in [1.807, 2.05) is 31.2 Å². The number of ether oxygens (including phenoxy) is 2. The Balaban J connectivity index is 1.37. The van der Waals surface area contributed by atoms with Gasteiger partial charge in [0.15, 0.2) is 17.3 Å². The van der Waals surface area contributed by atoms with Crippen molar-refractivity contribution in [1.82, 2.24) is 15.5 Å². The Kier molecular flexibility index (Phi) is 4.53. The molecular formula is C19H18FN3O3. The van der Waals surface area contributed by atoms with Gasteiger partial charge in [-0.1, -0.05) is 23.4 Å². The van der Waals surface area contributed by atoms with E-state index < -0.39 is 0 Å². The molecule has 1 aliphatic heterocycles. The van der Waals surface area contributed by atoms with Crippen LogP contribution in [0.25, 0.3) is 11.5 Å². The predicted molar refractivity (Wildman–Crippen MR) is 92.3 cm³/mol. The van der Waals surface area contributed by atoms with Gasteiger partial charge in [0.25, 0.3) is 5.89 Å². The summed E-state index contributed by atoms with van der Waals surface area (Å²) in [4.78, 5) is 4.39. The summed E-state index contributed by atoms with van der Waals surface area (Å²) in [6.45, 7) is 2.65. The minimum absolute atomic E-state index is 0.0689. The molecule has 0 aliphatic carbocycles. The van der Waals surface area contributed by atoms with Crippen molar-refractivity contribution in [3.8, 4) is 23.0 Å². The third-order valence-corrected chi connectivity index (χ3v) is 4.18. The molecule has 0 spiro atoms. The van der Waals surface area contributed by atoms with Gasteiger partial charge in [-0.15, -0.1) is 0 Å². The van der Waals surface area contributed by atoms with E-state index in [1.165, 1.54) is 6.07 Å². The Labute approximate surface area is 149 Å². The second kappa shape index (κ2) is 7.13. The molecule has 1 N–H and O–H groups in total. The van der Waals surface area contributed by atoms with Crippen LogP contribution in [0, 0.1) is 5.82 Å². The van der Waals surface area contributed by atoms with Crippen LogP contribution in [-0.4, -0.2) is 23.0 Å². The van der Waals surface area contributed by atoms with E-state index in [2.05, 4.69) is 15.5 Å². The van der Waals surface area contributed by atoms with E-state index in [9.17, 15) is 4.39 Å². The molecule has 2 heterocycles. The first kappa shape index (κ1) is 16.5. The third-order valence-electron chi connectivity index (χ3n) is 4.18. The Morgan fingerprint density at radius 2 is 2.00 bits per heavy atom. The van der Waals surface area contributed by atoms with Gasteiger partial charge in [-0.2, -0.15) is 4.98 Å². The van der Waals surface area contributed by atoms with Gasteiger partial charge in [0.05, 0.1) is 6.54 Å². The number of rotatable bonds is 6. The highest BCUT2D eigenvalue weighted by Crippen LogP contribution is 2.35. The topological polar surface area (TPSA) is 69.4 Å². The normalized spacial score (nSPS) is 13.8. The number of fused-ring (bicyclic) bond motifs is 1. The summed E-state index contributed by atoms with van der Waals surface area (Å²) in [6, 6.07) is 12.3. The van der Waals surface area contributed by atoms with Crippen LogP contribution in [0.1, 0.15) is 18.3 Å². The van der Waals surface area contributed by atoms with Crippen molar-refractivity contribution in [1.29, 1.82) is 0 Å². The number of halogens is 1. The zero-order valence-electron chi connectivity index (χ0n) is 14.2. The van der Waals surface area contributed by atoms with Crippen LogP contribution < -0.4 is 14.8 Å². The van der Waals surface area contributed by atoms with Gasteiger partial charge in [0, 0.05) is 11.6 Å². The number of nitrogens with zero attached hydrogens (tertiary/aromatic N) is 2. The maximum Gasteiger partial charge on any atom is 0.258 e. The second-order valence-electron chi connectivity index (χ2n) is 6.16. The number of benzene rings is 2. The van der Waals surface area contributed by atoms with E-state index in [0.29, 0.717) is 41.7 Å². The number of hydrogen-bond acceptors (Lipinski definition) is 6. The summed E-state index contributed by atoms with van der Waals surface area (Å²) >= 11 is 0. The Morgan fingerprint density at radius 3 is 2.88 bits per heavy atom. The number of nitrogens with one attached hydrogen (secondary N) is 1. The first-order valence-electron chi connectivity index (χ1n) is 8.38. The molecule has 0 saturated heterocycles. The van der Waals surface area contributed by atoms with E-state index in [-0.39, 0.29) is 18.7 Å². The summed E-state index contributed by atoms with van der Waals surface area (Å²) in [7, 11) is 0. The van der Waals surface area contributed by atoms with Crippen LogP contribution >= 0.6 is 0 Å². The van der Waals surface area contributed by atoms with E-state index in [4.69, 9.17) is 14.0 Å². The lowest BCUT2D eigenvalue weighted by Crippen LogP contribution is -2.28. The lowest BCUT2D eigenvalue weighted by molar-refractivity contribution is 0.174. The number of aromatic nitrogens is 2. The second-order valence-corrected chi connectivity index (χ2v) is 6.16. The molecule has 3 aromatic rings. The number of hydrogen-bond donors (Lipinski definition) is 1. The van der Waals surface area contributed by atoms with Crippen LogP contribution in [-0.2, 0) is 13.0 Å². The molecular weight excluding hydrogens is 337 g/mol. The maximum absolute atomic E-state index is 13.7. The molecule has 1 aliphatic rings. The molecule has 2 aromatic carbocycles. The molecule has 7 heteroatoms. The zero-order valence-corrected chi connectivity index (χ0v) is 14.2. The Bertz CT molecular complexity index is 913. The average Bonchev–Trinajstić information content (AvgIpc) is 3.30. The maximum atomic E-state index is 13.7. The zero-order chi connectivity index (χ0) is 17.9. The molecule has 0 amide bonds. The SMILES string of the molecule is C[C@@H](Cc1ccccc1F)NCc1noc(-c2ccc3c(c2)OCO3)n1. The lowest BCUT2D eigenvalue weighted by Gasteiger charge is -2.12. The highest BCUT2D eigenvalue weighted by Gasteiger charge is 2.17. The quantitative estimate of drug-likeness (QED) is 0.731. The standard InChI is InChI=1S/C19H18FN3O3/c1-12(8-13-4-2-3-5-15(13)20)21-10-18-22-19(26-23-18)14-6-7-16-17(9-14)25-11-24-16/h2-7,9,12,21H,8,10-11H2,1H3/t12-/m0/s1. The Hall–Kier alpha value is -2.93. The van der Waals surface area contributed by atoms with Crippen molar-refractivity contribution in [2.45, 2.75) is 25.9 Å². The molecule has 0 bridgehead atoms. The van der Waals surface area contributed by atoms with E-state index >= 15 is 0 Å². The molecule has 0 radical (unpaired) electrons. The highest BCUT2D eigenvalue weighted by atomic mass is 19.1. The van der Waals surface area contributed by atoms with Gasteiger partial charge in [-0.25, -0.2) is 4.39 Å². The van der Waals surface area contributed by atoms with Crippen molar-refractivity contribution >= 4 is 0 Å². The van der Waals surface area contributed by atoms with Crippen molar-refractivity contribution < 1.29 is 18.4 Å². The van der Waals surface area contributed by atoms with Gasteiger partial charge < -0.3 is 19.3 Å². The largest absolute Gasteiger partial charge is 0.454 e. The minimum Gasteiger partial charge on any atom is -0.454 e. The summed E-state index contributed by atoms with van der Waals surface area (Å²) < 4.78 is 29.7. The summed E-state index contributed by atoms with van der Waals surface area (Å²) in [5, 5.41) is 7.27. The molecule has 26 heavy (non-hydrogen) atoms. The molecule has 0 saturated carbocycles.